The fourth-order valence-electron chi connectivity index (χ4n) is 0.803. The first-order valence-corrected chi connectivity index (χ1v) is 8.41. The second-order valence-corrected chi connectivity index (χ2v) is 5.69. The Morgan fingerprint density at radius 2 is 2.10 bits per heavy atom. The first-order chi connectivity index (χ1) is 4.84. The van der Waals surface area contributed by atoms with Gasteiger partial charge in [-0.15, -0.1) is 4.55 Å². The number of benzene rings is 1. The van der Waals surface area contributed by atoms with Crippen LogP contribution >= 0.6 is 24.5 Å². The largest absolute Gasteiger partial charge is 0.473 e. The Hall–Kier alpha value is 0.756. The summed E-state index contributed by atoms with van der Waals surface area (Å²) in [5.74, 6) is 0. The predicted octanol–water partition coefficient (Wildman–Crippen LogP) is 2.85. The summed E-state index contributed by atoms with van der Waals surface area (Å²) in [5, 5.41) is 0.898. The van der Waals surface area contributed by atoms with Crippen LogP contribution in [0.3, 0.4) is 0 Å². The Morgan fingerprint density at radius 3 is 2.70 bits per heavy atom. The maximum absolute atomic E-state index is 5.90. The third-order valence-electron chi connectivity index (χ3n) is 1.32. The number of halogens is 2. The molecule has 0 bridgehead atoms. The van der Waals surface area contributed by atoms with Gasteiger partial charge in [-0.1, -0.05) is 35.4 Å². The number of hydrogen-bond acceptors (Lipinski definition) is 0. The molecule has 1 aromatic carbocycles. The average Bonchev–Trinajstić information content (AvgIpc) is 1.94. The second kappa shape index (κ2) is 4.60. The molecular weight excluding hydrogens is 224 g/mol. The van der Waals surface area contributed by atoms with Gasteiger partial charge in [-0.2, -0.15) is 0 Å². The monoisotopic (exact) mass is 228 g/mol. The Labute approximate surface area is 81.6 Å². The van der Waals surface area contributed by atoms with Crippen LogP contribution in [-0.4, -0.2) is 18.2 Å². The van der Waals surface area contributed by atoms with Crippen LogP contribution in [0.5, 0.6) is 0 Å². The van der Waals surface area contributed by atoms with E-state index in [9.17, 15) is 0 Å². The van der Waals surface area contributed by atoms with Crippen LogP contribution in [0.2, 0.25) is 5.02 Å². The van der Waals surface area contributed by atoms with Crippen molar-refractivity contribution in [2.24, 2.45) is 0 Å². The molecule has 0 unspecified atom stereocenters. The summed E-state index contributed by atoms with van der Waals surface area (Å²) >= 11 is 9.33. The van der Waals surface area contributed by atoms with Gasteiger partial charge in [0.15, 0.2) is 0 Å². The standard InChI is InChI=1S/C7H6Cl.BrH.Mg/c1-6-4-2-3-5-7(6)8;;/h2-5H,1H2;1H;/q;;+1/p-1. The summed E-state index contributed by atoms with van der Waals surface area (Å²) in [6.45, 7) is 0. The summed E-state index contributed by atoms with van der Waals surface area (Å²) in [6, 6.07) is 8.00. The molecule has 0 spiro atoms. The molecule has 3 heteroatoms. The van der Waals surface area contributed by atoms with E-state index >= 15 is 0 Å². The SMILES string of the molecule is Clc1ccccc1[CH2][Mg][Br]. The van der Waals surface area contributed by atoms with Crippen molar-refractivity contribution in [3.8, 4) is 0 Å². The van der Waals surface area contributed by atoms with Crippen LogP contribution in [0.4, 0.5) is 0 Å². The smallest absolute Gasteiger partial charge is 0.306 e. The van der Waals surface area contributed by atoms with E-state index in [-0.39, 0.29) is 18.2 Å². The van der Waals surface area contributed by atoms with E-state index < -0.39 is 0 Å². The molecule has 0 fully saturated rings. The molecule has 1 rings (SSSR count). The zero-order valence-electron chi connectivity index (χ0n) is 5.48. The van der Waals surface area contributed by atoms with E-state index in [2.05, 4.69) is 19.0 Å². The van der Waals surface area contributed by atoms with Gasteiger partial charge < -0.3 is 12.9 Å². The van der Waals surface area contributed by atoms with Gasteiger partial charge in [-0.25, -0.2) is 0 Å². The highest BCUT2D eigenvalue weighted by molar-refractivity contribution is 9.23. The first-order valence-electron chi connectivity index (χ1n) is 3.14. The molecule has 0 N–H and O–H groups in total. The van der Waals surface area contributed by atoms with Crippen molar-refractivity contribution < 1.29 is 0 Å². The predicted molar refractivity (Wildman–Crippen MR) is 49.8 cm³/mol. The van der Waals surface area contributed by atoms with Crippen LogP contribution in [0.25, 0.3) is 0 Å². The minimum absolute atomic E-state index is 0.0776. The van der Waals surface area contributed by atoms with Gasteiger partial charge in [0.1, 0.15) is 0 Å². The van der Waals surface area contributed by atoms with Crippen molar-refractivity contribution in [3.05, 3.63) is 34.9 Å². The Balaban J connectivity index is 2.81. The van der Waals surface area contributed by atoms with E-state index in [1.807, 2.05) is 18.2 Å². The lowest BCUT2D eigenvalue weighted by Gasteiger charge is -1.98. The quantitative estimate of drug-likeness (QED) is 0.685. The van der Waals surface area contributed by atoms with Crippen molar-refractivity contribution in [2.45, 2.75) is 4.55 Å². The minimum atomic E-state index is -0.0776. The molecule has 10 heavy (non-hydrogen) atoms. The maximum Gasteiger partial charge on any atom is 0.473 e. The van der Waals surface area contributed by atoms with Crippen LogP contribution in [0.15, 0.2) is 24.3 Å². The van der Waals surface area contributed by atoms with Crippen molar-refractivity contribution in [3.63, 3.8) is 0 Å². The highest BCUT2D eigenvalue weighted by Crippen LogP contribution is 2.14. The van der Waals surface area contributed by atoms with Gasteiger partial charge in [-0.3, -0.25) is 0 Å². The number of hydrogen-bond donors (Lipinski definition) is 0. The van der Waals surface area contributed by atoms with Crippen LogP contribution in [-0.2, 0) is 4.55 Å². The van der Waals surface area contributed by atoms with E-state index in [4.69, 9.17) is 11.6 Å². The molecule has 0 radical (unpaired) electrons. The van der Waals surface area contributed by atoms with Crippen LogP contribution in [0, 0.1) is 0 Å². The zero-order chi connectivity index (χ0) is 7.40. The molecule has 0 aromatic heterocycles. The summed E-state index contributed by atoms with van der Waals surface area (Å²) in [6.07, 6.45) is 0. The van der Waals surface area contributed by atoms with Crippen LogP contribution < -0.4 is 0 Å². The first kappa shape index (κ1) is 8.85. The molecule has 0 aliphatic heterocycles. The van der Waals surface area contributed by atoms with E-state index in [0.717, 1.165) is 9.57 Å². The maximum atomic E-state index is 5.90. The summed E-state index contributed by atoms with van der Waals surface area (Å²) in [5.41, 5.74) is 1.27. The fraction of sp³-hybridized carbons (Fsp3) is 0.143. The summed E-state index contributed by atoms with van der Waals surface area (Å²) < 4.78 is 1.14. The van der Waals surface area contributed by atoms with Gasteiger partial charge in [0.2, 0.25) is 0 Å². The highest BCUT2D eigenvalue weighted by Gasteiger charge is 1.97. The molecule has 0 saturated heterocycles. The summed E-state index contributed by atoms with van der Waals surface area (Å²) in [4.78, 5) is 0. The van der Waals surface area contributed by atoms with Crippen molar-refractivity contribution >= 4 is 42.7 Å². The fourth-order valence-corrected chi connectivity index (χ4v) is 3.11. The molecule has 1 aromatic rings. The van der Waals surface area contributed by atoms with Crippen molar-refractivity contribution in [2.75, 3.05) is 0 Å². The average molecular weight is 230 g/mol. The third-order valence-corrected chi connectivity index (χ3v) is 3.61. The molecule has 0 heterocycles. The molecule has 0 aliphatic carbocycles. The van der Waals surface area contributed by atoms with Crippen molar-refractivity contribution in [1.29, 1.82) is 0 Å². The summed E-state index contributed by atoms with van der Waals surface area (Å²) in [7, 11) is 0. The van der Waals surface area contributed by atoms with E-state index in [1.165, 1.54) is 5.56 Å². The zero-order valence-corrected chi connectivity index (χ0v) is 9.24. The van der Waals surface area contributed by atoms with E-state index in [0.29, 0.717) is 0 Å². The topological polar surface area (TPSA) is 0 Å². The molecule has 0 aliphatic rings. The molecule has 0 amide bonds. The second-order valence-electron chi connectivity index (χ2n) is 2.03. The van der Waals surface area contributed by atoms with Gasteiger partial charge in [0.05, 0.1) is 0 Å². The molecule has 0 atom stereocenters. The Morgan fingerprint density at radius 1 is 1.40 bits per heavy atom. The van der Waals surface area contributed by atoms with Gasteiger partial charge in [0.25, 0.3) is 0 Å². The molecule has 0 nitrogen and oxygen atoms in total. The van der Waals surface area contributed by atoms with Crippen molar-refractivity contribution in [1.82, 2.24) is 0 Å². The minimum Gasteiger partial charge on any atom is -0.306 e. The lowest BCUT2D eigenvalue weighted by Crippen LogP contribution is -1.88. The van der Waals surface area contributed by atoms with Gasteiger partial charge in [-0.05, 0) is 6.07 Å². The molecule has 50 valence electrons. The lowest BCUT2D eigenvalue weighted by atomic mass is 10.2. The van der Waals surface area contributed by atoms with Gasteiger partial charge >= 0.3 is 18.2 Å². The third kappa shape index (κ3) is 2.42. The number of rotatable bonds is 2. The van der Waals surface area contributed by atoms with Crippen LogP contribution in [0.1, 0.15) is 5.56 Å². The highest BCUT2D eigenvalue weighted by atomic mass is 79.9. The normalized spacial score (nSPS) is 9.00. The Kier molecular flexibility index (Phi) is 4.07. The molecule has 0 saturated carbocycles. The van der Waals surface area contributed by atoms with Gasteiger partial charge in [0, 0.05) is 5.02 Å². The Bertz CT molecular complexity index is 215. The van der Waals surface area contributed by atoms with E-state index in [1.54, 1.807) is 0 Å². The lowest BCUT2D eigenvalue weighted by molar-refractivity contribution is 1.40. The molecular formula is C7H6BrClMg.